The molecule has 7 heteroatoms. The van der Waals surface area contributed by atoms with E-state index in [4.69, 9.17) is 0 Å². The molecule has 2 rings (SSSR count). The van der Waals surface area contributed by atoms with E-state index in [1.807, 2.05) is 0 Å². The Morgan fingerprint density at radius 3 is 2.65 bits per heavy atom. The van der Waals surface area contributed by atoms with Crippen LogP contribution in [0.2, 0.25) is 0 Å². The highest BCUT2D eigenvalue weighted by molar-refractivity contribution is 6.00. The van der Waals surface area contributed by atoms with Gasteiger partial charge in [-0.15, -0.1) is 0 Å². The molecule has 0 bridgehead atoms. The lowest BCUT2D eigenvalue weighted by atomic mass is 10.1. The predicted octanol–water partition coefficient (Wildman–Crippen LogP) is 0.732. The molecule has 0 spiro atoms. The van der Waals surface area contributed by atoms with Crippen LogP contribution in [0.4, 0.5) is 0 Å². The molecule has 1 fully saturated rings. The molecule has 1 saturated heterocycles. The van der Waals surface area contributed by atoms with E-state index in [0.717, 1.165) is 25.8 Å². The molecule has 3 N–H and O–H groups in total. The maximum Gasteiger partial charge on any atom is 0.253 e. The second-order valence-corrected chi connectivity index (χ2v) is 5.93. The molecule has 0 aliphatic carbocycles. The number of hydrogen-bond acceptors (Lipinski definition) is 4. The fraction of sp³-hybridized carbons (Fsp3) is 0.562. The van der Waals surface area contributed by atoms with Crippen LogP contribution in [0.3, 0.4) is 0 Å². The van der Waals surface area contributed by atoms with Crippen LogP contribution in [0, 0.1) is 13.8 Å². The van der Waals surface area contributed by atoms with Crippen LogP contribution in [0.1, 0.15) is 51.4 Å². The van der Waals surface area contributed by atoms with Gasteiger partial charge in [-0.1, -0.05) is 0 Å². The first-order chi connectivity index (χ1) is 11.0. The number of amides is 2. The van der Waals surface area contributed by atoms with Crippen LogP contribution in [-0.2, 0) is 4.79 Å². The Balaban J connectivity index is 1.94. The lowest BCUT2D eigenvalue weighted by Crippen LogP contribution is -2.51. The number of nitrogens with one attached hydrogen (secondary N) is 3. The summed E-state index contributed by atoms with van der Waals surface area (Å²) < 4.78 is 0. The number of nitrogens with zero attached hydrogens (tertiary/aromatic N) is 1. The Hall–Kier alpha value is -2.15. The smallest absolute Gasteiger partial charge is 0.253 e. The van der Waals surface area contributed by atoms with Crippen LogP contribution < -0.4 is 10.6 Å². The lowest BCUT2D eigenvalue weighted by molar-refractivity contribution is -0.131. The summed E-state index contributed by atoms with van der Waals surface area (Å²) in [6.07, 6.45) is 3.87. The number of aryl methyl sites for hydroxylation is 1. The van der Waals surface area contributed by atoms with Gasteiger partial charge in [-0.3, -0.25) is 19.7 Å². The average Bonchev–Trinajstić information content (AvgIpc) is 2.86. The number of likely N-dealkylation sites (N-methyl/N-ethyl adjacent to an activating group) is 1. The molecule has 1 atom stereocenters. The first kappa shape index (κ1) is 17.2. The van der Waals surface area contributed by atoms with Crippen molar-refractivity contribution >= 4 is 18.1 Å². The van der Waals surface area contributed by atoms with Gasteiger partial charge in [-0.2, -0.15) is 0 Å². The third kappa shape index (κ3) is 3.79. The van der Waals surface area contributed by atoms with Gasteiger partial charge in [0.1, 0.15) is 0 Å². The summed E-state index contributed by atoms with van der Waals surface area (Å²) in [5.41, 5.74) is 2.04. The van der Waals surface area contributed by atoms with Gasteiger partial charge in [0.25, 0.3) is 5.91 Å². The zero-order chi connectivity index (χ0) is 17.0. The summed E-state index contributed by atoms with van der Waals surface area (Å²) >= 11 is 0. The lowest BCUT2D eigenvalue weighted by Gasteiger charge is -2.32. The highest BCUT2D eigenvalue weighted by Gasteiger charge is 2.23. The Labute approximate surface area is 135 Å². The minimum absolute atomic E-state index is 0.0329. The normalized spacial score (nSPS) is 17.6. The molecule has 1 aliphatic heterocycles. The van der Waals surface area contributed by atoms with Gasteiger partial charge in [0.15, 0.2) is 6.29 Å². The quantitative estimate of drug-likeness (QED) is 0.697. The number of aromatic amines is 1. The van der Waals surface area contributed by atoms with Gasteiger partial charge in [-0.25, -0.2) is 0 Å². The van der Waals surface area contributed by atoms with Crippen LogP contribution in [0.15, 0.2) is 0 Å². The molecular formula is C16H24N4O3. The number of carbonyl (C=O) groups is 3. The van der Waals surface area contributed by atoms with Gasteiger partial charge in [0, 0.05) is 12.7 Å². The van der Waals surface area contributed by atoms with Gasteiger partial charge >= 0.3 is 0 Å². The van der Waals surface area contributed by atoms with Crippen LogP contribution in [-0.4, -0.2) is 54.3 Å². The first-order valence-corrected chi connectivity index (χ1v) is 7.87. The van der Waals surface area contributed by atoms with Gasteiger partial charge < -0.3 is 15.2 Å². The van der Waals surface area contributed by atoms with Crippen molar-refractivity contribution < 1.29 is 14.4 Å². The van der Waals surface area contributed by atoms with Crippen molar-refractivity contribution in [1.29, 1.82) is 0 Å². The molecule has 0 aromatic carbocycles. The molecule has 0 saturated carbocycles. The van der Waals surface area contributed by atoms with E-state index in [1.54, 1.807) is 25.8 Å². The monoisotopic (exact) mass is 320 g/mol. The summed E-state index contributed by atoms with van der Waals surface area (Å²) in [6, 6.07) is 0. The van der Waals surface area contributed by atoms with Crippen molar-refractivity contribution in [2.45, 2.75) is 39.3 Å². The van der Waals surface area contributed by atoms with Gasteiger partial charge in [-0.05, 0) is 45.2 Å². The third-order valence-corrected chi connectivity index (χ3v) is 4.37. The standard InChI is InChI=1S/C16H24N4O3/c1-10-12(9-21)19-11(2)15(10)16(23)18-8-14(22)20(3)13-6-4-5-7-17-13/h9,13,17,19H,4-8H2,1-3H3,(H,18,23). The van der Waals surface area contributed by atoms with Crippen molar-refractivity contribution in [2.75, 3.05) is 20.1 Å². The molecule has 126 valence electrons. The minimum Gasteiger partial charge on any atom is -0.356 e. The number of H-pyrrole nitrogens is 1. The molecule has 1 aliphatic rings. The summed E-state index contributed by atoms with van der Waals surface area (Å²) in [4.78, 5) is 39.9. The number of aldehydes is 1. The zero-order valence-electron chi connectivity index (χ0n) is 13.9. The largest absolute Gasteiger partial charge is 0.356 e. The second kappa shape index (κ2) is 7.41. The summed E-state index contributed by atoms with van der Waals surface area (Å²) in [5.74, 6) is -0.484. The Kier molecular flexibility index (Phi) is 5.54. The SMILES string of the molecule is Cc1[nH]c(C=O)c(C)c1C(=O)NCC(=O)N(C)C1CCCCN1. The molecule has 1 unspecified atom stereocenters. The van der Waals surface area contributed by atoms with E-state index in [0.29, 0.717) is 28.8 Å². The fourth-order valence-electron chi connectivity index (χ4n) is 2.94. The van der Waals surface area contributed by atoms with E-state index >= 15 is 0 Å². The molecular weight excluding hydrogens is 296 g/mol. The van der Waals surface area contributed by atoms with Gasteiger partial charge in [0.05, 0.1) is 24.0 Å². The Morgan fingerprint density at radius 1 is 1.35 bits per heavy atom. The molecule has 7 nitrogen and oxygen atoms in total. The van der Waals surface area contributed by atoms with E-state index in [9.17, 15) is 14.4 Å². The number of rotatable bonds is 5. The molecule has 1 aromatic heterocycles. The van der Waals surface area contributed by atoms with Crippen molar-refractivity contribution in [3.8, 4) is 0 Å². The molecule has 2 amide bonds. The first-order valence-electron chi connectivity index (χ1n) is 7.87. The van der Waals surface area contributed by atoms with Crippen molar-refractivity contribution in [2.24, 2.45) is 0 Å². The van der Waals surface area contributed by atoms with Crippen molar-refractivity contribution in [3.05, 3.63) is 22.5 Å². The van der Waals surface area contributed by atoms with Crippen molar-refractivity contribution in [3.63, 3.8) is 0 Å². The van der Waals surface area contributed by atoms with Crippen LogP contribution in [0.25, 0.3) is 0 Å². The molecule has 23 heavy (non-hydrogen) atoms. The predicted molar refractivity (Wildman–Crippen MR) is 86.4 cm³/mol. The summed E-state index contributed by atoms with van der Waals surface area (Å²) in [5, 5.41) is 5.94. The zero-order valence-corrected chi connectivity index (χ0v) is 13.9. The summed E-state index contributed by atoms with van der Waals surface area (Å²) in [6.45, 7) is 4.29. The number of piperidine rings is 1. The average molecular weight is 320 g/mol. The molecule has 1 aromatic rings. The fourth-order valence-corrected chi connectivity index (χ4v) is 2.94. The van der Waals surface area contributed by atoms with Gasteiger partial charge in [0.2, 0.25) is 5.91 Å². The topological polar surface area (TPSA) is 94.3 Å². The number of aromatic nitrogens is 1. The van der Waals surface area contributed by atoms with E-state index in [-0.39, 0.29) is 24.5 Å². The highest BCUT2D eigenvalue weighted by atomic mass is 16.2. The number of hydrogen-bond donors (Lipinski definition) is 3. The van der Waals surface area contributed by atoms with E-state index in [1.165, 1.54) is 0 Å². The molecule has 0 radical (unpaired) electrons. The second-order valence-electron chi connectivity index (χ2n) is 5.93. The number of carbonyl (C=O) groups excluding carboxylic acids is 3. The van der Waals surface area contributed by atoms with Crippen LogP contribution >= 0.6 is 0 Å². The maximum atomic E-state index is 12.3. The van der Waals surface area contributed by atoms with E-state index in [2.05, 4.69) is 15.6 Å². The highest BCUT2D eigenvalue weighted by Crippen LogP contribution is 2.16. The summed E-state index contributed by atoms with van der Waals surface area (Å²) in [7, 11) is 1.74. The third-order valence-electron chi connectivity index (χ3n) is 4.37. The minimum atomic E-state index is -0.345. The van der Waals surface area contributed by atoms with E-state index < -0.39 is 0 Å². The molecule has 2 heterocycles. The van der Waals surface area contributed by atoms with Crippen molar-refractivity contribution in [1.82, 2.24) is 20.5 Å². The maximum absolute atomic E-state index is 12.3. The van der Waals surface area contributed by atoms with Crippen LogP contribution in [0.5, 0.6) is 0 Å². The Bertz CT molecular complexity index is 603. The Morgan fingerprint density at radius 2 is 2.09 bits per heavy atom.